The van der Waals surface area contributed by atoms with E-state index in [4.69, 9.17) is 0 Å². The Morgan fingerprint density at radius 1 is 0.862 bits per heavy atom. The maximum absolute atomic E-state index is 14.6. The second-order valence-electron chi connectivity index (χ2n) is 7.82. The Labute approximate surface area is 160 Å². The molecule has 0 aromatic heterocycles. The van der Waals surface area contributed by atoms with E-state index in [-0.39, 0.29) is 25.7 Å². The molecule has 3 aliphatic carbocycles. The van der Waals surface area contributed by atoms with Gasteiger partial charge in [-0.05, 0) is 43.7 Å². The fourth-order valence-corrected chi connectivity index (χ4v) is 3.84. The smallest absolute Gasteiger partial charge is 0.302 e. The molecule has 4 rings (SSSR count). The number of aryl methyl sites for hydroxylation is 1. The van der Waals surface area contributed by atoms with Crippen LogP contribution in [0.25, 0.3) is 0 Å². The van der Waals surface area contributed by atoms with Gasteiger partial charge in [0.2, 0.25) is 0 Å². The van der Waals surface area contributed by atoms with E-state index in [9.17, 15) is 39.5 Å². The molecule has 0 amide bonds. The second-order valence-corrected chi connectivity index (χ2v) is 7.82. The van der Waals surface area contributed by atoms with Gasteiger partial charge in [-0.3, -0.25) is 0 Å². The number of alkyl halides is 5. The highest BCUT2D eigenvalue weighted by molar-refractivity contribution is 5.31. The van der Waals surface area contributed by atoms with E-state index in [1.54, 1.807) is 0 Å². The molecule has 1 fully saturated rings. The Bertz CT molecular complexity index is 833. The molecule has 10 heteroatoms. The fraction of sp³-hybridized carbons (Fsp3) is 0.579. The Kier molecular flexibility index (Phi) is 5.25. The van der Waals surface area contributed by atoms with Gasteiger partial charge in [0.1, 0.15) is 11.4 Å². The monoisotopic (exact) mass is 432 g/mol. The number of hydrogen-bond donors (Lipinski definition) is 0. The summed E-state index contributed by atoms with van der Waals surface area (Å²) in [5.74, 6) is -6.64. The van der Waals surface area contributed by atoms with Crippen LogP contribution >= 0.6 is 0 Å². The van der Waals surface area contributed by atoms with Crippen molar-refractivity contribution in [2.45, 2.75) is 63.3 Å². The van der Waals surface area contributed by atoms with E-state index in [0.29, 0.717) is 12.1 Å². The highest BCUT2D eigenvalue weighted by atomic mass is 19.4. The molecule has 1 aromatic rings. The van der Waals surface area contributed by atoms with Crippen molar-refractivity contribution in [3.63, 3.8) is 0 Å². The molecule has 0 atom stereocenters. The predicted molar refractivity (Wildman–Crippen MR) is 84.3 cm³/mol. The molecule has 2 bridgehead atoms. The first kappa shape index (κ1) is 22.0. The minimum absolute atomic E-state index is 0.0373. The summed E-state index contributed by atoms with van der Waals surface area (Å²) in [4.78, 5) is 0. The molecular formula is C19H17F9O. The topological polar surface area (TPSA) is 9.23 Å². The lowest BCUT2D eigenvalue weighted by molar-refractivity contribution is -0.313. The molecule has 0 radical (unpaired) electrons. The first-order chi connectivity index (χ1) is 13.2. The summed E-state index contributed by atoms with van der Waals surface area (Å²) in [5.41, 5.74) is -5.74. The van der Waals surface area contributed by atoms with Gasteiger partial charge in [0, 0.05) is 11.8 Å². The Balaban J connectivity index is 1.89. The standard InChI is InChI=1S/C19H17F9O/c1-16-6-8-17(9-7-16,15(23)14(16)22)29-19(27,28)11-3-2-10(12(20)13(11)21)4-5-18(24,25)26/h2-3H,4-9H2,1H3. The molecule has 162 valence electrons. The van der Waals surface area contributed by atoms with Crippen LogP contribution in [0.4, 0.5) is 39.5 Å². The zero-order chi connectivity index (χ0) is 21.8. The summed E-state index contributed by atoms with van der Waals surface area (Å²) in [7, 11) is 0. The molecule has 3 aliphatic rings. The molecule has 29 heavy (non-hydrogen) atoms. The van der Waals surface area contributed by atoms with Crippen LogP contribution in [0.1, 0.15) is 50.2 Å². The van der Waals surface area contributed by atoms with Gasteiger partial charge in [0.15, 0.2) is 17.5 Å². The summed E-state index contributed by atoms with van der Waals surface area (Å²) in [6.07, 6.45) is -12.0. The van der Waals surface area contributed by atoms with Crippen LogP contribution in [0.5, 0.6) is 0 Å². The van der Waals surface area contributed by atoms with Gasteiger partial charge < -0.3 is 4.74 Å². The van der Waals surface area contributed by atoms with E-state index < -0.39 is 70.6 Å². The van der Waals surface area contributed by atoms with Gasteiger partial charge in [-0.15, -0.1) is 0 Å². The van der Waals surface area contributed by atoms with Gasteiger partial charge in [0.25, 0.3) is 0 Å². The minimum Gasteiger partial charge on any atom is -0.302 e. The van der Waals surface area contributed by atoms with Crippen molar-refractivity contribution in [2.24, 2.45) is 5.41 Å². The minimum atomic E-state index is -4.64. The summed E-state index contributed by atoms with van der Waals surface area (Å²) in [6.45, 7) is 1.46. The van der Waals surface area contributed by atoms with Gasteiger partial charge >= 0.3 is 12.3 Å². The van der Waals surface area contributed by atoms with Crippen LogP contribution in [-0.4, -0.2) is 11.8 Å². The Hall–Kier alpha value is -1.71. The fourth-order valence-electron chi connectivity index (χ4n) is 3.84. The largest absolute Gasteiger partial charge is 0.389 e. The van der Waals surface area contributed by atoms with Crippen LogP contribution < -0.4 is 0 Å². The molecule has 0 spiro atoms. The lowest BCUT2D eigenvalue weighted by Gasteiger charge is -2.49. The molecule has 0 N–H and O–H groups in total. The number of fused-ring (bicyclic) bond motifs is 2. The lowest BCUT2D eigenvalue weighted by Crippen LogP contribution is -2.50. The average Bonchev–Trinajstić information content (AvgIpc) is 2.61. The molecular weight excluding hydrogens is 415 g/mol. The van der Waals surface area contributed by atoms with Crippen LogP contribution in [0.15, 0.2) is 23.8 Å². The molecule has 0 heterocycles. The van der Waals surface area contributed by atoms with Crippen molar-refractivity contribution in [1.29, 1.82) is 0 Å². The SMILES string of the molecule is CC12CCC(OC(F)(F)c3ccc(CCC(F)(F)F)c(F)c3F)(CC1)C(F)=C2F. The quantitative estimate of drug-likeness (QED) is 0.455. The second kappa shape index (κ2) is 6.92. The number of ether oxygens (including phenoxy) is 1. The first-order valence-electron chi connectivity index (χ1n) is 8.89. The van der Waals surface area contributed by atoms with Gasteiger partial charge in [-0.2, -0.15) is 22.0 Å². The van der Waals surface area contributed by atoms with E-state index in [1.807, 2.05) is 0 Å². The number of hydrogen-bond acceptors (Lipinski definition) is 1. The summed E-state index contributed by atoms with van der Waals surface area (Å²) < 4.78 is 127. The normalized spacial score (nSPS) is 27.7. The van der Waals surface area contributed by atoms with Crippen molar-refractivity contribution in [3.8, 4) is 0 Å². The number of rotatable bonds is 5. The average molecular weight is 432 g/mol. The van der Waals surface area contributed by atoms with Crippen LogP contribution in [0.2, 0.25) is 0 Å². The molecule has 0 aliphatic heterocycles. The molecule has 1 saturated carbocycles. The Morgan fingerprint density at radius 3 is 2.00 bits per heavy atom. The molecule has 1 nitrogen and oxygen atoms in total. The summed E-state index contributed by atoms with van der Waals surface area (Å²) in [6, 6.07) is 0.995. The maximum Gasteiger partial charge on any atom is 0.389 e. The van der Waals surface area contributed by atoms with E-state index in [2.05, 4.69) is 4.74 Å². The predicted octanol–water partition coefficient (Wildman–Crippen LogP) is 7.01. The van der Waals surface area contributed by atoms with Crippen LogP contribution in [0.3, 0.4) is 0 Å². The zero-order valence-electron chi connectivity index (χ0n) is 15.2. The van der Waals surface area contributed by atoms with Crippen LogP contribution in [-0.2, 0) is 17.3 Å². The zero-order valence-corrected chi connectivity index (χ0v) is 15.2. The third-order valence-electron chi connectivity index (χ3n) is 5.76. The third-order valence-corrected chi connectivity index (χ3v) is 5.76. The van der Waals surface area contributed by atoms with Crippen molar-refractivity contribution in [3.05, 3.63) is 46.5 Å². The van der Waals surface area contributed by atoms with Crippen LogP contribution in [0, 0.1) is 17.0 Å². The van der Waals surface area contributed by atoms with Gasteiger partial charge in [-0.1, -0.05) is 13.0 Å². The summed E-state index contributed by atoms with van der Waals surface area (Å²) >= 11 is 0. The van der Waals surface area contributed by atoms with Crippen molar-refractivity contribution < 1.29 is 44.3 Å². The van der Waals surface area contributed by atoms with Crippen molar-refractivity contribution in [1.82, 2.24) is 0 Å². The van der Waals surface area contributed by atoms with Crippen molar-refractivity contribution >= 4 is 0 Å². The highest BCUT2D eigenvalue weighted by Gasteiger charge is 2.58. The van der Waals surface area contributed by atoms with E-state index >= 15 is 0 Å². The van der Waals surface area contributed by atoms with E-state index in [0.717, 1.165) is 0 Å². The molecule has 1 aromatic carbocycles. The number of benzene rings is 1. The van der Waals surface area contributed by atoms with Gasteiger partial charge in [0.05, 0.1) is 5.56 Å². The maximum atomic E-state index is 14.6. The molecule has 0 saturated heterocycles. The Morgan fingerprint density at radius 2 is 1.45 bits per heavy atom. The number of allylic oxidation sites excluding steroid dienone is 1. The highest BCUT2D eigenvalue weighted by Crippen LogP contribution is 2.59. The lowest BCUT2D eigenvalue weighted by atomic mass is 9.63. The van der Waals surface area contributed by atoms with Gasteiger partial charge in [-0.25, -0.2) is 17.6 Å². The van der Waals surface area contributed by atoms with Crippen molar-refractivity contribution in [2.75, 3.05) is 0 Å². The summed E-state index contributed by atoms with van der Waals surface area (Å²) in [5, 5.41) is 0. The van der Waals surface area contributed by atoms with E-state index in [1.165, 1.54) is 6.92 Å². The number of halogens is 9. The third kappa shape index (κ3) is 3.87. The first-order valence-corrected chi connectivity index (χ1v) is 8.89. The molecule has 0 unspecified atom stereocenters.